The molecule has 0 saturated carbocycles. The van der Waals surface area contributed by atoms with Gasteiger partial charge in [-0.15, -0.1) is 11.3 Å². The van der Waals surface area contributed by atoms with E-state index in [-0.39, 0.29) is 18.4 Å². The molecule has 1 aromatic carbocycles. The molecule has 1 aliphatic rings. The van der Waals surface area contributed by atoms with Crippen LogP contribution in [0.25, 0.3) is 5.00 Å². The number of hydrogen-bond acceptors (Lipinski definition) is 4. The number of carbonyl (C=O) groups excluding carboxylic acids is 2. The predicted octanol–water partition coefficient (Wildman–Crippen LogP) is 4.10. The Morgan fingerprint density at radius 2 is 1.93 bits per heavy atom. The minimum atomic E-state index is -0.293. The third kappa shape index (κ3) is 4.11. The standard InChI is InChI=1S/C23H25N3O3S/c1-15-9-10-18(29-2)17(13-15)25-20(27)14-24-22(28)21-16-7-3-4-8-19(16)30-23(21)26-11-5-6-12-26/h5-6,9-13H,3-4,7-8,14H2,1-2H3,(H,24,28)(H,25,27). The van der Waals surface area contributed by atoms with Gasteiger partial charge >= 0.3 is 0 Å². The van der Waals surface area contributed by atoms with Crippen LogP contribution in [-0.2, 0) is 17.6 Å². The second kappa shape index (κ2) is 8.75. The fourth-order valence-corrected chi connectivity index (χ4v) is 5.15. The first kappa shape index (κ1) is 20.2. The third-order valence-corrected chi connectivity index (χ3v) is 6.56. The first-order valence-electron chi connectivity index (χ1n) is 10.1. The monoisotopic (exact) mass is 423 g/mol. The van der Waals surface area contributed by atoms with Crippen LogP contribution in [0, 0.1) is 6.92 Å². The smallest absolute Gasteiger partial charge is 0.255 e. The largest absolute Gasteiger partial charge is 0.495 e. The van der Waals surface area contributed by atoms with E-state index in [1.165, 1.54) is 4.88 Å². The lowest BCUT2D eigenvalue weighted by molar-refractivity contribution is -0.115. The zero-order valence-corrected chi connectivity index (χ0v) is 18.0. The molecule has 0 saturated heterocycles. The highest BCUT2D eigenvalue weighted by atomic mass is 32.1. The van der Waals surface area contributed by atoms with Crippen molar-refractivity contribution in [3.63, 3.8) is 0 Å². The van der Waals surface area contributed by atoms with Crippen LogP contribution in [0.3, 0.4) is 0 Å². The number of nitrogens with zero attached hydrogens (tertiary/aromatic N) is 1. The molecule has 0 aliphatic heterocycles. The number of rotatable bonds is 6. The van der Waals surface area contributed by atoms with Crippen molar-refractivity contribution in [2.24, 2.45) is 0 Å². The molecule has 1 aliphatic carbocycles. The second-order valence-electron chi connectivity index (χ2n) is 7.42. The average molecular weight is 424 g/mol. The van der Waals surface area contributed by atoms with Crippen LogP contribution < -0.4 is 15.4 Å². The highest BCUT2D eigenvalue weighted by molar-refractivity contribution is 7.15. The maximum Gasteiger partial charge on any atom is 0.255 e. The summed E-state index contributed by atoms with van der Waals surface area (Å²) in [5.41, 5.74) is 3.44. The van der Waals surface area contributed by atoms with Crippen molar-refractivity contribution in [2.45, 2.75) is 32.6 Å². The number of ether oxygens (including phenoxy) is 1. The van der Waals surface area contributed by atoms with Crippen molar-refractivity contribution in [1.82, 2.24) is 9.88 Å². The van der Waals surface area contributed by atoms with Crippen molar-refractivity contribution >= 4 is 28.8 Å². The molecule has 7 heteroatoms. The van der Waals surface area contributed by atoms with E-state index in [9.17, 15) is 9.59 Å². The summed E-state index contributed by atoms with van der Waals surface area (Å²) in [6.45, 7) is 1.84. The molecule has 6 nitrogen and oxygen atoms in total. The quantitative estimate of drug-likeness (QED) is 0.627. The van der Waals surface area contributed by atoms with E-state index in [1.807, 2.05) is 54.2 Å². The molecular weight excluding hydrogens is 398 g/mol. The lowest BCUT2D eigenvalue weighted by Gasteiger charge is -2.14. The number of amides is 2. The van der Waals surface area contributed by atoms with Crippen LogP contribution >= 0.6 is 11.3 Å². The van der Waals surface area contributed by atoms with E-state index >= 15 is 0 Å². The second-order valence-corrected chi connectivity index (χ2v) is 8.50. The number of methoxy groups -OCH3 is 1. The molecule has 2 N–H and O–H groups in total. The van der Waals surface area contributed by atoms with E-state index in [0.29, 0.717) is 17.0 Å². The van der Waals surface area contributed by atoms with Gasteiger partial charge < -0.3 is 19.9 Å². The van der Waals surface area contributed by atoms with Crippen LogP contribution in [0.4, 0.5) is 5.69 Å². The predicted molar refractivity (Wildman–Crippen MR) is 119 cm³/mol. The number of aryl methyl sites for hydroxylation is 2. The van der Waals surface area contributed by atoms with E-state index in [1.54, 1.807) is 18.4 Å². The van der Waals surface area contributed by atoms with E-state index < -0.39 is 0 Å². The zero-order valence-electron chi connectivity index (χ0n) is 17.2. The third-order valence-electron chi connectivity index (χ3n) is 5.26. The Kier molecular flexibility index (Phi) is 5.90. The van der Waals surface area contributed by atoms with Crippen LogP contribution in [-0.4, -0.2) is 30.0 Å². The van der Waals surface area contributed by atoms with Gasteiger partial charge in [0.2, 0.25) is 5.91 Å². The zero-order chi connectivity index (χ0) is 21.1. The molecule has 0 fully saturated rings. The number of aromatic nitrogens is 1. The number of benzene rings is 1. The van der Waals surface area contributed by atoms with Gasteiger partial charge in [0, 0.05) is 17.3 Å². The Morgan fingerprint density at radius 3 is 2.70 bits per heavy atom. The summed E-state index contributed by atoms with van der Waals surface area (Å²) >= 11 is 1.68. The summed E-state index contributed by atoms with van der Waals surface area (Å²) in [5, 5.41) is 6.56. The Labute approximate surface area is 179 Å². The van der Waals surface area contributed by atoms with Gasteiger partial charge in [-0.05, 0) is 68.0 Å². The summed E-state index contributed by atoms with van der Waals surface area (Å²) in [5.74, 6) is 0.0883. The summed E-state index contributed by atoms with van der Waals surface area (Å²) in [6, 6.07) is 9.47. The number of hydrogen-bond donors (Lipinski definition) is 2. The van der Waals surface area contributed by atoms with Crippen LogP contribution in [0.1, 0.15) is 39.2 Å². The van der Waals surface area contributed by atoms with Crippen molar-refractivity contribution < 1.29 is 14.3 Å². The van der Waals surface area contributed by atoms with Gasteiger partial charge in [-0.2, -0.15) is 0 Å². The van der Waals surface area contributed by atoms with Gasteiger partial charge in [0.15, 0.2) is 0 Å². The maximum absolute atomic E-state index is 13.1. The Hall–Kier alpha value is -3.06. The number of nitrogens with one attached hydrogen (secondary N) is 2. The summed E-state index contributed by atoms with van der Waals surface area (Å²) in [6.07, 6.45) is 8.05. The molecule has 2 aromatic heterocycles. The molecule has 0 unspecified atom stereocenters. The van der Waals surface area contributed by atoms with Gasteiger partial charge in [0.1, 0.15) is 10.8 Å². The minimum absolute atomic E-state index is 0.105. The molecule has 0 bridgehead atoms. The van der Waals surface area contributed by atoms with Crippen molar-refractivity contribution in [3.8, 4) is 10.8 Å². The SMILES string of the molecule is COc1ccc(C)cc1NC(=O)CNC(=O)c1c(-n2cccc2)sc2c1CCCC2. The fraction of sp³-hybridized carbons (Fsp3) is 0.304. The molecule has 3 aromatic rings. The van der Waals surface area contributed by atoms with E-state index in [4.69, 9.17) is 4.74 Å². The van der Waals surface area contributed by atoms with Crippen molar-refractivity contribution in [3.05, 3.63) is 64.3 Å². The minimum Gasteiger partial charge on any atom is -0.495 e. The number of anilines is 1. The topological polar surface area (TPSA) is 72.4 Å². The molecular formula is C23H25N3O3S. The Morgan fingerprint density at radius 1 is 1.17 bits per heavy atom. The highest BCUT2D eigenvalue weighted by Crippen LogP contribution is 2.36. The summed E-state index contributed by atoms with van der Waals surface area (Å²) in [7, 11) is 1.56. The number of carbonyl (C=O) groups is 2. The molecule has 2 heterocycles. The normalized spacial score (nSPS) is 12.9. The van der Waals surface area contributed by atoms with E-state index in [2.05, 4.69) is 10.6 Å². The summed E-state index contributed by atoms with van der Waals surface area (Å²) in [4.78, 5) is 26.9. The molecule has 0 atom stereocenters. The Bertz CT molecular complexity index is 1070. The average Bonchev–Trinajstić information content (AvgIpc) is 3.40. The van der Waals surface area contributed by atoms with Gasteiger partial charge in [0.05, 0.1) is 24.9 Å². The first-order chi connectivity index (χ1) is 14.6. The Balaban J connectivity index is 1.50. The molecule has 0 spiro atoms. The molecule has 2 amide bonds. The van der Waals surface area contributed by atoms with Crippen molar-refractivity contribution in [2.75, 3.05) is 19.0 Å². The van der Waals surface area contributed by atoms with E-state index in [0.717, 1.165) is 41.8 Å². The molecule has 156 valence electrons. The van der Waals surface area contributed by atoms with Gasteiger partial charge in [-0.3, -0.25) is 9.59 Å². The van der Waals surface area contributed by atoms with Crippen molar-refractivity contribution in [1.29, 1.82) is 0 Å². The number of thiophene rings is 1. The molecule has 30 heavy (non-hydrogen) atoms. The molecule has 4 rings (SSSR count). The first-order valence-corrected chi connectivity index (χ1v) is 10.9. The number of fused-ring (bicyclic) bond motifs is 1. The highest BCUT2D eigenvalue weighted by Gasteiger charge is 2.26. The lowest BCUT2D eigenvalue weighted by atomic mass is 9.95. The fourth-order valence-electron chi connectivity index (χ4n) is 3.80. The van der Waals surface area contributed by atoms with Crippen LogP contribution in [0.2, 0.25) is 0 Å². The van der Waals surface area contributed by atoms with Crippen LogP contribution in [0.15, 0.2) is 42.7 Å². The van der Waals surface area contributed by atoms with Gasteiger partial charge in [-0.1, -0.05) is 6.07 Å². The summed E-state index contributed by atoms with van der Waals surface area (Å²) < 4.78 is 7.28. The lowest BCUT2D eigenvalue weighted by Crippen LogP contribution is -2.33. The van der Waals surface area contributed by atoms with Crippen LogP contribution in [0.5, 0.6) is 5.75 Å². The van der Waals surface area contributed by atoms with Gasteiger partial charge in [0.25, 0.3) is 5.91 Å². The maximum atomic E-state index is 13.1. The van der Waals surface area contributed by atoms with Gasteiger partial charge in [-0.25, -0.2) is 0 Å². The molecule has 0 radical (unpaired) electrons.